The average Bonchev–Trinajstić information content (AvgIpc) is 2.02. The van der Waals surface area contributed by atoms with Crippen molar-refractivity contribution in [3.63, 3.8) is 0 Å². The third kappa shape index (κ3) is 24.2. The summed E-state index contributed by atoms with van der Waals surface area (Å²) >= 11 is 0. The smallest absolute Gasteiger partial charge is 0.550 e. The standard InChI is InChI=1S/2C10H20O2.Ca/c2*1-9(2,3)7-10(4,5)6-8(11)12;/h2*6-7H2,1-5H3,(H,11,12);/q;;+2/p-2. The molecule has 4 nitrogen and oxygen atoms in total. The molecule has 0 aliphatic rings. The molecule has 0 rings (SSSR count). The zero-order chi connectivity index (χ0) is 20.0. The van der Waals surface area contributed by atoms with Crippen LogP contribution in [0.15, 0.2) is 0 Å². The monoisotopic (exact) mass is 382 g/mol. The van der Waals surface area contributed by atoms with Crippen molar-refractivity contribution < 1.29 is 19.8 Å². The largest absolute Gasteiger partial charge is 2.00 e. The van der Waals surface area contributed by atoms with Gasteiger partial charge in [0.05, 0.1) is 0 Å². The molecule has 5 heteroatoms. The van der Waals surface area contributed by atoms with Gasteiger partial charge in [0.25, 0.3) is 0 Å². The molecule has 0 atom stereocenters. The zero-order valence-electron chi connectivity index (χ0n) is 18.2. The van der Waals surface area contributed by atoms with Gasteiger partial charge in [-0.3, -0.25) is 0 Å². The van der Waals surface area contributed by atoms with E-state index in [9.17, 15) is 19.8 Å². The molecular weight excluding hydrogens is 344 g/mol. The van der Waals surface area contributed by atoms with E-state index in [1.165, 1.54) is 0 Å². The molecule has 0 heterocycles. The van der Waals surface area contributed by atoms with Crippen LogP contribution in [0.3, 0.4) is 0 Å². The van der Waals surface area contributed by atoms with Gasteiger partial charge >= 0.3 is 37.7 Å². The Morgan fingerprint density at radius 3 is 0.920 bits per heavy atom. The second kappa shape index (κ2) is 11.1. The van der Waals surface area contributed by atoms with Crippen molar-refractivity contribution in [1.29, 1.82) is 0 Å². The molecule has 144 valence electrons. The van der Waals surface area contributed by atoms with Crippen molar-refractivity contribution in [3.8, 4) is 0 Å². The van der Waals surface area contributed by atoms with Crippen LogP contribution in [0, 0.1) is 21.7 Å². The third-order valence-electron chi connectivity index (χ3n) is 3.26. The molecule has 0 aromatic carbocycles. The van der Waals surface area contributed by atoms with Crippen LogP contribution in [-0.4, -0.2) is 49.7 Å². The molecule has 0 amide bonds. The van der Waals surface area contributed by atoms with E-state index in [1.54, 1.807) is 0 Å². The Morgan fingerprint density at radius 1 is 0.600 bits per heavy atom. The van der Waals surface area contributed by atoms with Crippen molar-refractivity contribution in [3.05, 3.63) is 0 Å². The van der Waals surface area contributed by atoms with Gasteiger partial charge in [0.2, 0.25) is 0 Å². The first-order valence-corrected chi connectivity index (χ1v) is 8.64. The maximum Gasteiger partial charge on any atom is 2.00 e. The van der Waals surface area contributed by atoms with Crippen LogP contribution in [0.25, 0.3) is 0 Å². The fourth-order valence-corrected chi connectivity index (χ4v) is 3.78. The van der Waals surface area contributed by atoms with E-state index in [0.29, 0.717) is 0 Å². The molecule has 0 radical (unpaired) electrons. The van der Waals surface area contributed by atoms with Gasteiger partial charge in [-0.25, -0.2) is 0 Å². The molecule has 0 saturated carbocycles. The first kappa shape index (κ1) is 29.9. The van der Waals surface area contributed by atoms with Crippen molar-refractivity contribution in [1.82, 2.24) is 0 Å². The van der Waals surface area contributed by atoms with Crippen LogP contribution < -0.4 is 10.2 Å². The van der Waals surface area contributed by atoms with Gasteiger partial charge in [-0.15, -0.1) is 0 Å². The molecular formula is C20H38CaO4. The molecule has 0 aromatic heterocycles. The van der Waals surface area contributed by atoms with Gasteiger partial charge < -0.3 is 19.8 Å². The van der Waals surface area contributed by atoms with Crippen molar-refractivity contribution in [2.75, 3.05) is 0 Å². The zero-order valence-corrected chi connectivity index (χ0v) is 20.4. The number of hydrogen-bond acceptors (Lipinski definition) is 4. The Hall–Kier alpha value is 0.200. The number of hydrogen-bond donors (Lipinski definition) is 0. The first-order valence-electron chi connectivity index (χ1n) is 8.64. The number of rotatable bonds is 6. The Balaban J connectivity index is -0.000000372. The molecule has 0 bridgehead atoms. The van der Waals surface area contributed by atoms with Crippen LogP contribution >= 0.6 is 0 Å². The first-order chi connectivity index (χ1) is 10.2. The number of carbonyl (C=O) groups excluding carboxylic acids is 2. The summed E-state index contributed by atoms with van der Waals surface area (Å²) < 4.78 is 0. The summed E-state index contributed by atoms with van der Waals surface area (Å²) in [5.74, 6) is -1.91. The van der Waals surface area contributed by atoms with Crippen LogP contribution in [0.5, 0.6) is 0 Å². The van der Waals surface area contributed by atoms with Crippen LogP contribution in [0.2, 0.25) is 0 Å². The predicted molar refractivity (Wildman–Crippen MR) is 101 cm³/mol. The van der Waals surface area contributed by atoms with Gasteiger partial charge in [0, 0.05) is 11.9 Å². The Morgan fingerprint density at radius 2 is 0.800 bits per heavy atom. The second-order valence-corrected chi connectivity index (χ2v) is 10.9. The molecule has 0 aromatic rings. The molecule has 0 unspecified atom stereocenters. The number of carboxylic acids is 2. The molecule has 0 spiro atoms. The van der Waals surface area contributed by atoms with Gasteiger partial charge in [-0.1, -0.05) is 69.2 Å². The van der Waals surface area contributed by atoms with E-state index in [0.717, 1.165) is 12.8 Å². The number of carboxylic acid groups (broad SMARTS) is 2. The molecule has 0 aliphatic carbocycles. The molecule has 0 saturated heterocycles. The van der Waals surface area contributed by atoms with E-state index in [2.05, 4.69) is 41.5 Å². The minimum atomic E-state index is -0.954. The fourth-order valence-electron chi connectivity index (χ4n) is 3.78. The minimum absolute atomic E-state index is 0. The summed E-state index contributed by atoms with van der Waals surface area (Å²) in [6.45, 7) is 20.6. The summed E-state index contributed by atoms with van der Waals surface area (Å²) in [6, 6.07) is 0. The normalized spacial score (nSPS) is 12.6. The topological polar surface area (TPSA) is 80.3 Å². The van der Waals surface area contributed by atoms with Gasteiger partial charge in [0.1, 0.15) is 0 Å². The van der Waals surface area contributed by atoms with Gasteiger partial charge in [-0.05, 0) is 47.3 Å². The predicted octanol–water partition coefficient (Wildman–Crippen LogP) is 2.80. The maximum absolute atomic E-state index is 10.4. The van der Waals surface area contributed by atoms with Crippen LogP contribution in [0.1, 0.15) is 94.9 Å². The third-order valence-corrected chi connectivity index (χ3v) is 3.26. The Labute approximate surface area is 185 Å². The number of carbonyl (C=O) groups is 2. The van der Waals surface area contributed by atoms with Crippen molar-refractivity contribution in [2.24, 2.45) is 21.7 Å². The van der Waals surface area contributed by atoms with E-state index in [4.69, 9.17) is 0 Å². The van der Waals surface area contributed by atoms with E-state index >= 15 is 0 Å². The van der Waals surface area contributed by atoms with Crippen molar-refractivity contribution >= 4 is 49.7 Å². The quantitative estimate of drug-likeness (QED) is 0.662. The average molecular weight is 383 g/mol. The van der Waals surface area contributed by atoms with Gasteiger partial charge in [-0.2, -0.15) is 0 Å². The molecule has 0 fully saturated rings. The Kier molecular flexibility index (Phi) is 13.3. The van der Waals surface area contributed by atoms with Gasteiger partial charge in [0.15, 0.2) is 0 Å². The van der Waals surface area contributed by atoms with E-state index in [-0.39, 0.29) is 72.2 Å². The van der Waals surface area contributed by atoms with E-state index < -0.39 is 11.9 Å². The van der Waals surface area contributed by atoms with Crippen LogP contribution in [0.4, 0.5) is 0 Å². The van der Waals surface area contributed by atoms with Crippen LogP contribution in [-0.2, 0) is 9.59 Å². The summed E-state index contributed by atoms with van der Waals surface area (Å²) in [7, 11) is 0. The fraction of sp³-hybridized carbons (Fsp3) is 0.900. The summed E-state index contributed by atoms with van der Waals surface area (Å²) in [5.41, 5.74) is 0.0477. The van der Waals surface area contributed by atoms with Crippen molar-refractivity contribution in [2.45, 2.75) is 94.9 Å². The second-order valence-electron chi connectivity index (χ2n) is 10.9. The summed E-state index contributed by atoms with van der Waals surface area (Å²) in [4.78, 5) is 20.8. The SMILES string of the molecule is CC(C)(C)CC(C)(C)CC(=O)[O-].CC(C)(C)CC(C)(C)CC(=O)[O-].[Ca+2]. The molecule has 25 heavy (non-hydrogen) atoms. The molecule has 0 aliphatic heterocycles. The molecule has 0 N–H and O–H groups in total. The minimum Gasteiger partial charge on any atom is -0.550 e. The summed E-state index contributed by atoms with van der Waals surface area (Å²) in [6.07, 6.45) is 2.08. The Bertz CT molecular complexity index is 372. The number of aliphatic carboxylic acids is 2. The maximum atomic E-state index is 10.4. The van der Waals surface area contributed by atoms with E-state index in [1.807, 2.05) is 27.7 Å². The summed E-state index contributed by atoms with van der Waals surface area (Å²) in [5, 5.41) is 20.8.